The van der Waals surface area contributed by atoms with E-state index in [2.05, 4.69) is 26.0 Å². The lowest BCUT2D eigenvalue weighted by molar-refractivity contribution is -0.137. The summed E-state index contributed by atoms with van der Waals surface area (Å²) in [6.45, 7) is 1.60. The highest BCUT2D eigenvalue weighted by atomic mass is 79.9. The van der Waals surface area contributed by atoms with Crippen molar-refractivity contribution < 1.29 is 13.2 Å². The van der Waals surface area contributed by atoms with Gasteiger partial charge < -0.3 is 0 Å². The monoisotopic (exact) mass is 432 g/mol. The van der Waals surface area contributed by atoms with Crippen LogP contribution < -0.4 is 5.69 Å². The summed E-state index contributed by atoms with van der Waals surface area (Å²) in [6, 6.07) is 7.62. The molecule has 1 aromatic carbocycles. The van der Waals surface area contributed by atoms with Crippen LogP contribution in [-0.4, -0.2) is 19.3 Å². The molecule has 0 aliphatic heterocycles. The highest BCUT2D eigenvalue weighted by Gasteiger charge is 2.32. The molecule has 130 valence electrons. The Bertz CT molecular complexity index is 995. The molecule has 0 saturated carbocycles. The van der Waals surface area contributed by atoms with Gasteiger partial charge in [0.2, 0.25) is 0 Å². The molecule has 3 rings (SSSR count). The van der Waals surface area contributed by atoms with E-state index in [4.69, 9.17) is 11.6 Å². The van der Waals surface area contributed by atoms with Crippen LogP contribution in [0.5, 0.6) is 0 Å². The molecule has 2 heterocycles. The Morgan fingerprint density at radius 1 is 1.20 bits per heavy atom. The molecule has 0 aliphatic rings. The number of hydrogen-bond acceptors (Lipinski definition) is 3. The summed E-state index contributed by atoms with van der Waals surface area (Å²) in [4.78, 5) is 16.3. The first kappa shape index (κ1) is 17.7. The molecule has 0 atom stereocenters. The molecule has 0 spiro atoms. The van der Waals surface area contributed by atoms with Crippen LogP contribution in [0.2, 0.25) is 5.02 Å². The highest BCUT2D eigenvalue weighted by molar-refractivity contribution is 9.10. The number of nitrogens with zero attached hydrogens (tertiary/aromatic N) is 4. The first-order valence-corrected chi connectivity index (χ1v) is 8.03. The highest BCUT2D eigenvalue weighted by Crippen LogP contribution is 2.31. The Kier molecular flexibility index (Phi) is 4.46. The summed E-state index contributed by atoms with van der Waals surface area (Å²) < 4.78 is 41.2. The molecule has 5 nitrogen and oxygen atoms in total. The van der Waals surface area contributed by atoms with Crippen LogP contribution in [0.15, 0.2) is 45.8 Å². The van der Waals surface area contributed by atoms with Gasteiger partial charge in [-0.05, 0) is 37.3 Å². The number of aromatic nitrogens is 4. The van der Waals surface area contributed by atoms with E-state index in [1.165, 1.54) is 4.57 Å². The lowest BCUT2D eigenvalue weighted by Crippen LogP contribution is -2.24. The van der Waals surface area contributed by atoms with Crippen molar-refractivity contribution in [3.8, 4) is 11.5 Å². The summed E-state index contributed by atoms with van der Waals surface area (Å²) in [5, 5.41) is 3.74. The van der Waals surface area contributed by atoms with Gasteiger partial charge in [-0.3, -0.25) is 0 Å². The van der Waals surface area contributed by atoms with E-state index < -0.39 is 17.4 Å². The summed E-state index contributed by atoms with van der Waals surface area (Å²) in [5.74, 6) is 0.170. The Labute approximate surface area is 152 Å². The lowest BCUT2D eigenvalue weighted by atomic mass is 10.3. The number of benzene rings is 1. The molecule has 0 saturated heterocycles. The standard InChI is InChI=1S/C15H9BrClF3N4O/c1-8-22-24(13-12(17)6-9(7-21-13)15(18,19)20)14(25)23(8)11-4-2-10(16)3-5-11/h2-7H,1H3. The van der Waals surface area contributed by atoms with Crippen LogP contribution in [0.3, 0.4) is 0 Å². The van der Waals surface area contributed by atoms with Crippen LogP contribution in [0.25, 0.3) is 11.5 Å². The second-order valence-corrected chi connectivity index (χ2v) is 6.40. The summed E-state index contributed by atoms with van der Waals surface area (Å²) >= 11 is 9.19. The van der Waals surface area contributed by atoms with Gasteiger partial charge in [0.1, 0.15) is 5.82 Å². The first-order valence-electron chi connectivity index (χ1n) is 6.86. The van der Waals surface area contributed by atoms with Crippen LogP contribution in [0.1, 0.15) is 11.4 Å². The van der Waals surface area contributed by atoms with E-state index in [0.29, 0.717) is 23.8 Å². The van der Waals surface area contributed by atoms with Crippen molar-refractivity contribution >= 4 is 27.5 Å². The van der Waals surface area contributed by atoms with Crippen molar-refractivity contribution in [2.45, 2.75) is 13.1 Å². The fourth-order valence-electron chi connectivity index (χ4n) is 2.23. The second-order valence-electron chi connectivity index (χ2n) is 5.08. The van der Waals surface area contributed by atoms with Gasteiger partial charge in [-0.1, -0.05) is 27.5 Å². The number of aryl methyl sites for hydroxylation is 1. The number of alkyl halides is 3. The number of rotatable bonds is 2. The van der Waals surface area contributed by atoms with Crippen molar-refractivity contribution in [2.75, 3.05) is 0 Å². The molecule has 25 heavy (non-hydrogen) atoms. The average molecular weight is 434 g/mol. The largest absolute Gasteiger partial charge is 0.417 e. The predicted octanol–water partition coefficient (Wildman–Crippen LogP) is 4.16. The zero-order valence-electron chi connectivity index (χ0n) is 12.6. The molecule has 0 radical (unpaired) electrons. The normalized spacial score (nSPS) is 11.8. The predicted molar refractivity (Wildman–Crippen MR) is 89.4 cm³/mol. The van der Waals surface area contributed by atoms with Crippen LogP contribution in [0, 0.1) is 6.92 Å². The lowest BCUT2D eigenvalue weighted by Gasteiger charge is -2.08. The van der Waals surface area contributed by atoms with Gasteiger partial charge in [0.05, 0.1) is 16.3 Å². The van der Waals surface area contributed by atoms with Gasteiger partial charge in [0.25, 0.3) is 0 Å². The SMILES string of the molecule is Cc1nn(-c2ncc(C(F)(F)F)cc2Cl)c(=O)n1-c1ccc(Br)cc1. The molecule has 0 N–H and O–H groups in total. The summed E-state index contributed by atoms with van der Waals surface area (Å²) in [7, 11) is 0. The molecule has 3 aromatic rings. The minimum atomic E-state index is -4.58. The maximum atomic E-state index is 12.7. The zero-order chi connectivity index (χ0) is 18.4. The van der Waals surface area contributed by atoms with Crippen LogP contribution in [0.4, 0.5) is 13.2 Å². The third-order valence-electron chi connectivity index (χ3n) is 3.38. The van der Waals surface area contributed by atoms with Crippen molar-refractivity contribution in [3.63, 3.8) is 0 Å². The Morgan fingerprint density at radius 3 is 2.40 bits per heavy atom. The average Bonchev–Trinajstić information content (AvgIpc) is 2.82. The Morgan fingerprint density at radius 2 is 1.84 bits per heavy atom. The quantitative estimate of drug-likeness (QED) is 0.610. The van der Waals surface area contributed by atoms with E-state index in [1.54, 1.807) is 31.2 Å². The third-order valence-corrected chi connectivity index (χ3v) is 4.18. The van der Waals surface area contributed by atoms with Gasteiger partial charge in [0.15, 0.2) is 5.82 Å². The molecular formula is C15H9BrClF3N4O. The van der Waals surface area contributed by atoms with E-state index in [9.17, 15) is 18.0 Å². The molecule has 0 aliphatic carbocycles. The van der Waals surface area contributed by atoms with Crippen molar-refractivity contribution in [1.82, 2.24) is 19.3 Å². The van der Waals surface area contributed by atoms with Crippen LogP contribution >= 0.6 is 27.5 Å². The van der Waals surface area contributed by atoms with Crippen molar-refractivity contribution in [2.24, 2.45) is 0 Å². The van der Waals surface area contributed by atoms with Gasteiger partial charge in [0, 0.05) is 10.7 Å². The van der Waals surface area contributed by atoms with Gasteiger partial charge in [-0.25, -0.2) is 14.3 Å². The van der Waals surface area contributed by atoms with Gasteiger partial charge in [-0.2, -0.15) is 17.9 Å². The van der Waals surface area contributed by atoms with Crippen molar-refractivity contribution in [1.29, 1.82) is 0 Å². The Hall–Kier alpha value is -2.13. The fraction of sp³-hybridized carbons (Fsp3) is 0.133. The smallest absolute Gasteiger partial charge is 0.247 e. The number of hydrogen-bond donors (Lipinski definition) is 0. The molecular weight excluding hydrogens is 425 g/mol. The molecule has 0 bridgehead atoms. The fourth-order valence-corrected chi connectivity index (χ4v) is 2.74. The van der Waals surface area contributed by atoms with Crippen molar-refractivity contribution in [3.05, 3.63) is 67.9 Å². The topological polar surface area (TPSA) is 52.7 Å². The number of halogens is 5. The zero-order valence-corrected chi connectivity index (χ0v) is 14.9. The van der Waals surface area contributed by atoms with E-state index >= 15 is 0 Å². The number of pyridine rings is 1. The molecule has 0 amide bonds. The summed E-state index contributed by atoms with van der Waals surface area (Å²) in [5.41, 5.74) is -1.03. The molecule has 0 unspecified atom stereocenters. The molecule has 0 fully saturated rings. The molecule has 2 aromatic heterocycles. The maximum Gasteiger partial charge on any atom is 0.417 e. The third kappa shape index (κ3) is 3.34. The maximum absolute atomic E-state index is 12.7. The van der Waals surface area contributed by atoms with Gasteiger partial charge >= 0.3 is 11.9 Å². The van der Waals surface area contributed by atoms with E-state index in [1.807, 2.05) is 0 Å². The second kappa shape index (κ2) is 6.30. The Balaban J connectivity index is 2.13. The van der Waals surface area contributed by atoms with E-state index in [-0.39, 0.29) is 10.8 Å². The van der Waals surface area contributed by atoms with Crippen LogP contribution in [-0.2, 0) is 6.18 Å². The first-order chi connectivity index (χ1) is 11.7. The minimum absolute atomic E-state index is 0.168. The summed E-state index contributed by atoms with van der Waals surface area (Å²) in [6.07, 6.45) is -3.96. The van der Waals surface area contributed by atoms with E-state index in [0.717, 1.165) is 9.15 Å². The molecule has 10 heteroatoms. The van der Waals surface area contributed by atoms with Gasteiger partial charge in [-0.15, -0.1) is 5.10 Å². The minimum Gasteiger partial charge on any atom is -0.247 e.